The van der Waals surface area contributed by atoms with Crippen LogP contribution in [0.5, 0.6) is 11.5 Å². The van der Waals surface area contributed by atoms with Crippen LogP contribution in [-0.2, 0) is 4.74 Å². The minimum atomic E-state index is 0.0287. The van der Waals surface area contributed by atoms with Gasteiger partial charge in [0.15, 0.2) is 0 Å². The zero-order valence-electron chi connectivity index (χ0n) is 12.0. The second-order valence-corrected chi connectivity index (χ2v) is 4.53. The Bertz CT molecular complexity index is 526. The smallest absolute Gasteiger partial charge is 0.121 e. The normalized spacial score (nSPS) is 16.8. The number of hydrogen-bond donors (Lipinski definition) is 0. The van der Waals surface area contributed by atoms with E-state index in [-0.39, 0.29) is 6.10 Å². The standard InChI is InChI=1S/C18H20O3/c1-3-13-19-15-5-9-17(10-6-15)21-18-11-7-16(8-12-18)20-14-4-2/h3-11,18H,1-2,12-14H2. The largest absolute Gasteiger partial charge is 0.490 e. The van der Waals surface area contributed by atoms with E-state index >= 15 is 0 Å². The van der Waals surface area contributed by atoms with Gasteiger partial charge >= 0.3 is 0 Å². The molecule has 0 radical (unpaired) electrons. The first kappa shape index (κ1) is 15.0. The van der Waals surface area contributed by atoms with E-state index in [0.29, 0.717) is 13.2 Å². The molecule has 1 aliphatic carbocycles. The van der Waals surface area contributed by atoms with Crippen molar-refractivity contribution in [2.45, 2.75) is 12.5 Å². The molecule has 0 heterocycles. The molecule has 0 aliphatic heterocycles. The van der Waals surface area contributed by atoms with Crippen LogP contribution in [-0.4, -0.2) is 19.3 Å². The first-order chi connectivity index (χ1) is 10.3. The van der Waals surface area contributed by atoms with Crippen molar-refractivity contribution in [2.75, 3.05) is 13.2 Å². The fourth-order valence-electron chi connectivity index (χ4n) is 1.88. The molecule has 1 unspecified atom stereocenters. The summed E-state index contributed by atoms with van der Waals surface area (Å²) in [6.07, 6.45) is 10.2. The lowest BCUT2D eigenvalue weighted by Gasteiger charge is -2.18. The molecule has 1 aromatic rings. The minimum Gasteiger partial charge on any atom is -0.490 e. The first-order valence-electron chi connectivity index (χ1n) is 6.94. The molecule has 3 nitrogen and oxygen atoms in total. The molecule has 2 rings (SSSR count). The Morgan fingerprint density at radius 2 is 1.67 bits per heavy atom. The molecule has 0 amide bonds. The molecule has 0 N–H and O–H groups in total. The lowest BCUT2D eigenvalue weighted by molar-refractivity contribution is 0.229. The van der Waals surface area contributed by atoms with Crippen molar-refractivity contribution in [2.24, 2.45) is 0 Å². The number of allylic oxidation sites excluding steroid dienone is 1. The van der Waals surface area contributed by atoms with Gasteiger partial charge in [0.05, 0.1) is 0 Å². The summed E-state index contributed by atoms with van der Waals surface area (Å²) in [6, 6.07) is 7.58. The van der Waals surface area contributed by atoms with Gasteiger partial charge in [0, 0.05) is 6.42 Å². The Labute approximate surface area is 125 Å². The number of ether oxygens (including phenoxy) is 3. The van der Waals surface area contributed by atoms with Gasteiger partial charge in [-0.05, 0) is 42.5 Å². The van der Waals surface area contributed by atoms with Crippen molar-refractivity contribution in [1.82, 2.24) is 0 Å². The topological polar surface area (TPSA) is 27.7 Å². The van der Waals surface area contributed by atoms with E-state index in [4.69, 9.17) is 14.2 Å². The molecule has 3 heteroatoms. The van der Waals surface area contributed by atoms with E-state index in [0.717, 1.165) is 23.7 Å². The van der Waals surface area contributed by atoms with Gasteiger partial charge in [-0.15, -0.1) is 0 Å². The predicted molar refractivity (Wildman–Crippen MR) is 84.5 cm³/mol. The summed E-state index contributed by atoms with van der Waals surface area (Å²) in [5, 5.41) is 0. The lowest BCUT2D eigenvalue weighted by Crippen LogP contribution is -2.15. The van der Waals surface area contributed by atoms with Crippen molar-refractivity contribution in [3.63, 3.8) is 0 Å². The zero-order valence-corrected chi connectivity index (χ0v) is 12.0. The molecule has 1 aliphatic rings. The van der Waals surface area contributed by atoms with Crippen LogP contribution in [0.2, 0.25) is 0 Å². The van der Waals surface area contributed by atoms with E-state index in [9.17, 15) is 0 Å². The second-order valence-electron chi connectivity index (χ2n) is 4.53. The third-order valence-electron chi connectivity index (χ3n) is 2.87. The SMILES string of the molecule is C=CCOC1=CCC(Oc2ccc(OCC=C)cc2)C=C1. The van der Waals surface area contributed by atoms with E-state index in [2.05, 4.69) is 13.2 Å². The van der Waals surface area contributed by atoms with Crippen molar-refractivity contribution >= 4 is 0 Å². The summed E-state index contributed by atoms with van der Waals surface area (Å²) in [5.74, 6) is 2.49. The van der Waals surface area contributed by atoms with Gasteiger partial charge in [0.1, 0.15) is 36.6 Å². The highest BCUT2D eigenvalue weighted by atomic mass is 16.5. The maximum atomic E-state index is 5.88. The van der Waals surface area contributed by atoms with Gasteiger partial charge in [0.2, 0.25) is 0 Å². The third kappa shape index (κ3) is 4.88. The Hall–Kier alpha value is -2.42. The minimum absolute atomic E-state index is 0.0287. The van der Waals surface area contributed by atoms with Gasteiger partial charge in [-0.2, -0.15) is 0 Å². The average Bonchev–Trinajstić information content (AvgIpc) is 2.53. The van der Waals surface area contributed by atoms with Crippen molar-refractivity contribution in [3.05, 3.63) is 73.6 Å². The summed E-state index contributed by atoms with van der Waals surface area (Å²) in [7, 11) is 0. The Morgan fingerprint density at radius 1 is 1.00 bits per heavy atom. The van der Waals surface area contributed by atoms with Crippen LogP contribution in [0.1, 0.15) is 6.42 Å². The van der Waals surface area contributed by atoms with Crippen LogP contribution in [0.4, 0.5) is 0 Å². The number of hydrogen-bond acceptors (Lipinski definition) is 3. The van der Waals surface area contributed by atoms with Gasteiger partial charge in [-0.1, -0.05) is 25.3 Å². The van der Waals surface area contributed by atoms with E-state index in [1.54, 1.807) is 12.2 Å². The Kier molecular flexibility index (Phi) is 5.71. The monoisotopic (exact) mass is 284 g/mol. The van der Waals surface area contributed by atoms with Gasteiger partial charge in [-0.3, -0.25) is 0 Å². The maximum Gasteiger partial charge on any atom is 0.121 e. The van der Waals surface area contributed by atoms with E-state index in [1.807, 2.05) is 42.5 Å². The van der Waals surface area contributed by atoms with Crippen molar-refractivity contribution in [1.29, 1.82) is 0 Å². The molecule has 0 fully saturated rings. The highest BCUT2D eigenvalue weighted by Crippen LogP contribution is 2.22. The Balaban J connectivity index is 1.83. The molecule has 1 aromatic carbocycles. The third-order valence-corrected chi connectivity index (χ3v) is 2.87. The Morgan fingerprint density at radius 3 is 2.29 bits per heavy atom. The van der Waals surface area contributed by atoms with Crippen LogP contribution in [0.15, 0.2) is 73.6 Å². The average molecular weight is 284 g/mol. The molecule has 0 bridgehead atoms. The molecule has 1 atom stereocenters. The van der Waals surface area contributed by atoms with Crippen LogP contribution in [0, 0.1) is 0 Å². The summed E-state index contributed by atoms with van der Waals surface area (Å²) in [5.41, 5.74) is 0. The molecule has 0 aromatic heterocycles. The number of rotatable bonds is 8. The van der Waals surface area contributed by atoms with Crippen LogP contribution >= 0.6 is 0 Å². The highest BCUT2D eigenvalue weighted by molar-refractivity contribution is 5.32. The summed E-state index contributed by atoms with van der Waals surface area (Å²) < 4.78 is 16.8. The fraction of sp³-hybridized carbons (Fsp3) is 0.222. The van der Waals surface area contributed by atoms with E-state index in [1.165, 1.54) is 0 Å². The predicted octanol–water partition coefficient (Wildman–Crippen LogP) is 4.05. The zero-order chi connectivity index (χ0) is 14.9. The summed E-state index contributed by atoms with van der Waals surface area (Å²) >= 11 is 0. The quantitative estimate of drug-likeness (QED) is 0.674. The number of benzene rings is 1. The molecule has 21 heavy (non-hydrogen) atoms. The van der Waals surface area contributed by atoms with Crippen LogP contribution in [0.25, 0.3) is 0 Å². The lowest BCUT2D eigenvalue weighted by atomic mass is 10.1. The highest BCUT2D eigenvalue weighted by Gasteiger charge is 2.10. The van der Waals surface area contributed by atoms with E-state index < -0.39 is 0 Å². The van der Waals surface area contributed by atoms with Crippen LogP contribution in [0.3, 0.4) is 0 Å². The second kappa shape index (κ2) is 8.00. The van der Waals surface area contributed by atoms with Crippen molar-refractivity contribution < 1.29 is 14.2 Å². The molecular formula is C18H20O3. The molecular weight excluding hydrogens is 264 g/mol. The van der Waals surface area contributed by atoms with Gasteiger partial charge in [0.25, 0.3) is 0 Å². The van der Waals surface area contributed by atoms with Crippen LogP contribution < -0.4 is 9.47 Å². The maximum absolute atomic E-state index is 5.88. The summed E-state index contributed by atoms with van der Waals surface area (Å²) in [4.78, 5) is 0. The van der Waals surface area contributed by atoms with Crippen molar-refractivity contribution in [3.8, 4) is 11.5 Å². The molecule has 110 valence electrons. The molecule has 0 saturated carbocycles. The molecule has 0 saturated heterocycles. The first-order valence-corrected chi connectivity index (χ1v) is 6.94. The van der Waals surface area contributed by atoms with Gasteiger partial charge < -0.3 is 14.2 Å². The summed E-state index contributed by atoms with van der Waals surface area (Å²) in [6.45, 7) is 8.27. The van der Waals surface area contributed by atoms with Gasteiger partial charge in [-0.25, -0.2) is 0 Å². The fourth-order valence-corrected chi connectivity index (χ4v) is 1.88. The molecule has 0 spiro atoms.